The Hall–Kier alpha value is -3.62. The average Bonchev–Trinajstić information content (AvgIpc) is 3.44. The van der Waals surface area contributed by atoms with E-state index in [1.54, 1.807) is 17.1 Å². The van der Waals surface area contributed by atoms with Crippen molar-refractivity contribution in [1.82, 2.24) is 24.4 Å². The summed E-state index contributed by atoms with van der Waals surface area (Å²) in [5.74, 6) is 1.80. The SMILES string of the molecule is Cc1nn(C)cc1-c1cc2c(n3cnnc13)NCc1c(F)ccc3c1[C@H](CO3)CO2. The molecule has 1 atom stereocenters. The third kappa shape index (κ3) is 2.41. The summed E-state index contributed by atoms with van der Waals surface area (Å²) < 4.78 is 30.3. The first kappa shape index (κ1) is 17.3. The molecule has 4 aromatic rings. The molecule has 2 aliphatic rings. The molecule has 0 saturated heterocycles. The normalized spacial score (nSPS) is 17.2. The summed E-state index contributed by atoms with van der Waals surface area (Å²) in [6, 6.07) is 5.11. The van der Waals surface area contributed by atoms with Gasteiger partial charge in [-0.1, -0.05) is 0 Å². The lowest BCUT2D eigenvalue weighted by Gasteiger charge is -2.16. The Balaban J connectivity index is 1.53. The van der Waals surface area contributed by atoms with Crippen LogP contribution in [0.1, 0.15) is 22.7 Å². The molecule has 8 nitrogen and oxygen atoms in total. The number of benzene rings is 1. The predicted octanol–water partition coefficient (Wildman–Crippen LogP) is 3.06. The minimum Gasteiger partial charge on any atom is -0.493 e. The first-order chi connectivity index (χ1) is 14.6. The molecule has 0 bridgehead atoms. The van der Waals surface area contributed by atoms with Crippen LogP contribution in [0.15, 0.2) is 30.7 Å². The molecule has 5 heterocycles. The third-order valence-corrected chi connectivity index (χ3v) is 5.82. The quantitative estimate of drug-likeness (QED) is 0.524. The molecular weight excluding hydrogens is 387 g/mol. The molecule has 0 radical (unpaired) electrons. The van der Waals surface area contributed by atoms with Gasteiger partial charge < -0.3 is 14.8 Å². The molecule has 0 aliphatic carbocycles. The standard InChI is InChI=1S/C21H19FN6O2/c1-11-15(7-27(2)26-11)13-5-18-21(28-10-24-25-20(13)28)23-6-14-16(22)3-4-17-19(14)12(8-29-17)9-30-18/h3-5,7,10,12,23H,6,8-9H2,1-2H3/t12-/m1/s1. The molecule has 0 spiro atoms. The molecule has 0 amide bonds. The zero-order valence-corrected chi connectivity index (χ0v) is 16.5. The Morgan fingerprint density at radius 1 is 1.17 bits per heavy atom. The number of rotatable bonds is 1. The fourth-order valence-electron chi connectivity index (χ4n) is 4.45. The van der Waals surface area contributed by atoms with Crippen LogP contribution in [0.4, 0.5) is 10.2 Å². The fraction of sp³-hybridized carbons (Fsp3) is 0.286. The summed E-state index contributed by atoms with van der Waals surface area (Å²) >= 11 is 0. The second kappa shape index (κ2) is 6.19. The number of aromatic nitrogens is 5. The molecule has 0 unspecified atom stereocenters. The minimum atomic E-state index is -0.247. The van der Waals surface area contributed by atoms with E-state index in [0.717, 1.165) is 28.1 Å². The third-order valence-electron chi connectivity index (χ3n) is 5.82. The van der Waals surface area contributed by atoms with Gasteiger partial charge in [-0.25, -0.2) is 4.39 Å². The number of fused-ring (bicyclic) bond motifs is 3. The van der Waals surface area contributed by atoms with Crippen LogP contribution in [0.5, 0.6) is 11.5 Å². The highest BCUT2D eigenvalue weighted by molar-refractivity contribution is 5.82. The van der Waals surface area contributed by atoms with E-state index >= 15 is 0 Å². The summed E-state index contributed by atoms with van der Waals surface area (Å²) in [6.07, 6.45) is 3.59. The van der Waals surface area contributed by atoms with E-state index in [2.05, 4.69) is 20.6 Å². The van der Waals surface area contributed by atoms with Gasteiger partial charge in [-0.05, 0) is 25.1 Å². The lowest BCUT2D eigenvalue weighted by atomic mass is 9.96. The fourth-order valence-corrected chi connectivity index (χ4v) is 4.45. The van der Waals surface area contributed by atoms with Crippen molar-refractivity contribution in [3.8, 4) is 22.6 Å². The van der Waals surface area contributed by atoms with Crippen molar-refractivity contribution in [3.05, 3.63) is 53.4 Å². The highest BCUT2D eigenvalue weighted by Gasteiger charge is 2.31. The van der Waals surface area contributed by atoms with Gasteiger partial charge in [-0.3, -0.25) is 9.08 Å². The Labute approximate surface area is 171 Å². The number of halogens is 1. The van der Waals surface area contributed by atoms with Crippen LogP contribution in [-0.2, 0) is 13.6 Å². The molecule has 152 valence electrons. The van der Waals surface area contributed by atoms with Crippen LogP contribution >= 0.6 is 0 Å². The van der Waals surface area contributed by atoms with E-state index in [9.17, 15) is 4.39 Å². The van der Waals surface area contributed by atoms with Crippen molar-refractivity contribution < 1.29 is 13.9 Å². The van der Waals surface area contributed by atoms with Crippen molar-refractivity contribution in [2.75, 3.05) is 18.5 Å². The molecule has 9 heteroatoms. The van der Waals surface area contributed by atoms with Gasteiger partial charge in [0.1, 0.15) is 17.9 Å². The second-order valence-electron chi connectivity index (χ2n) is 7.71. The number of aryl methyl sites for hydroxylation is 2. The number of pyridine rings is 1. The molecule has 3 aromatic heterocycles. The Morgan fingerprint density at radius 2 is 2.00 bits per heavy atom. The highest BCUT2D eigenvalue weighted by Crippen LogP contribution is 2.42. The van der Waals surface area contributed by atoms with Gasteiger partial charge in [-0.15, -0.1) is 10.2 Å². The summed E-state index contributed by atoms with van der Waals surface area (Å²) in [5.41, 5.74) is 4.91. The van der Waals surface area contributed by atoms with Gasteiger partial charge in [0.2, 0.25) is 0 Å². The van der Waals surface area contributed by atoms with Crippen molar-refractivity contribution in [3.63, 3.8) is 0 Å². The van der Waals surface area contributed by atoms with E-state index in [4.69, 9.17) is 9.47 Å². The van der Waals surface area contributed by atoms with Crippen LogP contribution in [0.2, 0.25) is 0 Å². The molecule has 6 rings (SSSR count). The smallest absolute Gasteiger partial charge is 0.170 e. The average molecular weight is 406 g/mol. The number of hydrogen-bond donors (Lipinski definition) is 1. The van der Waals surface area contributed by atoms with E-state index < -0.39 is 0 Å². The first-order valence-corrected chi connectivity index (χ1v) is 9.78. The van der Waals surface area contributed by atoms with Gasteiger partial charge in [0, 0.05) is 42.0 Å². The van der Waals surface area contributed by atoms with Gasteiger partial charge in [0.05, 0.1) is 24.8 Å². The van der Waals surface area contributed by atoms with Crippen LogP contribution in [0.3, 0.4) is 0 Å². The molecule has 30 heavy (non-hydrogen) atoms. The Bertz CT molecular complexity index is 1310. The maximum absolute atomic E-state index is 14.7. The largest absolute Gasteiger partial charge is 0.493 e. The van der Waals surface area contributed by atoms with Gasteiger partial charge >= 0.3 is 0 Å². The zero-order chi connectivity index (χ0) is 20.4. The summed E-state index contributed by atoms with van der Waals surface area (Å²) in [4.78, 5) is 0. The Kier molecular flexibility index (Phi) is 3.56. The number of anilines is 1. The number of hydrogen-bond acceptors (Lipinski definition) is 6. The van der Waals surface area contributed by atoms with Crippen molar-refractivity contribution in [2.45, 2.75) is 19.4 Å². The van der Waals surface area contributed by atoms with Crippen molar-refractivity contribution in [1.29, 1.82) is 0 Å². The van der Waals surface area contributed by atoms with Crippen LogP contribution in [0, 0.1) is 12.7 Å². The van der Waals surface area contributed by atoms with Crippen LogP contribution in [0.25, 0.3) is 16.8 Å². The summed E-state index contributed by atoms with van der Waals surface area (Å²) in [6.45, 7) is 3.13. The predicted molar refractivity (Wildman–Crippen MR) is 107 cm³/mol. The minimum absolute atomic E-state index is 0.0290. The van der Waals surface area contributed by atoms with E-state index in [-0.39, 0.29) is 11.7 Å². The van der Waals surface area contributed by atoms with Crippen molar-refractivity contribution >= 4 is 11.5 Å². The van der Waals surface area contributed by atoms with E-state index in [1.165, 1.54) is 6.07 Å². The van der Waals surface area contributed by atoms with Gasteiger partial charge in [0.15, 0.2) is 17.2 Å². The first-order valence-electron chi connectivity index (χ1n) is 9.78. The van der Waals surface area contributed by atoms with E-state index in [1.807, 2.05) is 30.6 Å². The molecule has 1 N–H and O–H groups in total. The molecule has 2 aliphatic heterocycles. The molecule has 1 aromatic carbocycles. The zero-order valence-electron chi connectivity index (χ0n) is 16.5. The lowest BCUT2D eigenvalue weighted by Crippen LogP contribution is -2.13. The molecule has 0 fully saturated rings. The summed E-state index contributed by atoms with van der Waals surface area (Å²) in [5, 5.41) is 16.2. The number of nitrogens with one attached hydrogen (secondary N) is 1. The van der Waals surface area contributed by atoms with Crippen molar-refractivity contribution in [2.24, 2.45) is 7.05 Å². The molecular formula is C21H19FN6O2. The number of ether oxygens (including phenoxy) is 2. The van der Waals surface area contributed by atoms with Gasteiger partial charge in [0.25, 0.3) is 0 Å². The lowest BCUT2D eigenvalue weighted by molar-refractivity contribution is 0.249. The Morgan fingerprint density at radius 3 is 2.80 bits per heavy atom. The highest BCUT2D eigenvalue weighted by atomic mass is 19.1. The van der Waals surface area contributed by atoms with Gasteiger partial charge in [-0.2, -0.15) is 5.10 Å². The maximum Gasteiger partial charge on any atom is 0.170 e. The summed E-state index contributed by atoms with van der Waals surface area (Å²) in [7, 11) is 1.89. The topological polar surface area (TPSA) is 78.5 Å². The van der Waals surface area contributed by atoms with Crippen LogP contribution < -0.4 is 14.8 Å². The molecule has 0 saturated carbocycles. The maximum atomic E-state index is 14.7. The number of nitrogens with zero attached hydrogens (tertiary/aromatic N) is 5. The monoisotopic (exact) mass is 406 g/mol. The second-order valence-corrected chi connectivity index (χ2v) is 7.71. The van der Waals surface area contributed by atoms with E-state index in [0.29, 0.717) is 42.5 Å². The van der Waals surface area contributed by atoms with Crippen LogP contribution in [-0.4, -0.2) is 37.6 Å².